The third-order valence-corrected chi connectivity index (χ3v) is 7.23. The summed E-state index contributed by atoms with van der Waals surface area (Å²) in [7, 11) is -4.19. The minimum absolute atomic E-state index is 0.0690. The van der Waals surface area contributed by atoms with E-state index in [0.717, 1.165) is 27.6 Å². The van der Waals surface area contributed by atoms with Crippen LogP contribution >= 0.6 is 0 Å². The van der Waals surface area contributed by atoms with E-state index in [1.807, 2.05) is 38.1 Å². The summed E-state index contributed by atoms with van der Waals surface area (Å²) >= 11 is 0. The normalized spacial score (nSPS) is 13.7. The number of carbonyl (C=O) groups excluding carboxylic acids is 1. The first-order valence-corrected chi connectivity index (χ1v) is 12.2. The Balaban J connectivity index is 1.62. The van der Waals surface area contributed by atoms with Gasteiger partial charge in [0.25, 0.3) is 10.0 Å². The fourth-order valence-corrected chi connectivity index (χ4v) is 5.03. The van der Waals surface area contributed by atoms with Crippen LogP contribution in [0.2, 0.25) is 0 Å². The highest BCUT2D eigenvalue weighted by Gasteiger charge is 2.29. The molecule has 1 heterocycles. The van der Waals surface area contributed by atoms with E-state index < -0.39 is 28.3 Å². The minimum Gasteiger partial charge on any atom is -0.486 e. The Morgan fingerprint density at radius 3 is 2.32 bits per heavy atom. The highest BCUT2D eigenvalue weighted by Crippen LogP contribution is 2.34. The second-order valence-corrected chi connectivity index (χ2v) is 9.86. The van der Waals surface area contributed by atoms with Gasteiger partial charge in [0.2, 0.25) is 5.91 Å². The number of sulfonamides is 1. The second-order valence-electron chi connectivity index (χ2n) is 7.99. The molecule has 0 saturated heterocycles. The molecule has 3 aromatic rings. The van der Waals surface area contributed by atoms with Gasteiger partial charge < -0.3 is 14.8 Å². The van der Waals surface area contributed by atoms with Crippen molar-refractivity contribution in [2.24, 2.45) is 0 Å². The molecule has 34 heavy (non-hydrogen) atoms. The van der Waals surface area contributed by atoms with E-state index in [9.17, 15) is 17.6 Å². The summed E-state index contributed by atoms with van der Waals surface area (Å²) in [6.07, 6.45) is 0. The summed E-state index contributed by atoms with van der Waals surface area (Å²) in [5, 5.41) is 2.84. The Hall–Kier alpha value is -3.59. The first kappa shape index (κ1) is 23.6. The number of benzene rings is 3. The number of hydrogen-bond donors (Lipinski definition) is 1. The number of aryl methyl sites for hydroxylation is 1. The van der Waals surface area contributed by atoms with Crippen molar-refractivity contribution in [3.8, 4) is 11.5 Å². The second kappa shape index (κ2) is 9.72. The third kappa shape index (κ3) is 5.14. The lowest BCUT2D eigenvalue weighted by Crippen LogP contribution is -2.41. The van der Waals surface area contributed by atoms with Crippen molar-refractivity contribution in [1.82, 2.24) is 5.32 Å². The van der Waals surface area contributed by atoms with Crippen molar-refractivity contribution in [2.75, 3.05) is 24.1 Å². The van der Waals surface area contributed by atoms with Gasteiger partial charge in [-0.3, -0.25) is 9.10 Å². The third-order valence-electron chi connectivity index (χ3n) is 5.46. The van der Waals surface area contributed by atoms with Gasteiger partial charge in [0.05, 0.1) is 16.6 Å². The van der Waals surface area contributed by atoms with E-state index in [-0.39, 0.29) is 16.6 Å². The van der Waals surface area contributed by atoms with Crippen molar-refractivity contribution in [3.63, 3.8) is 0 Å². The molecule has 0 saturated carbocycles. The predicted molar refractivity (Wildman–Crippen MR) is 126 cm³/mol. The molecule has 4 rings (SSSR count). The fourth-order valence-electron chi connectivity index (χ4n) is 3.59. The maximum absolute atomic E-state index is 13.6. The standard InChI is InChI=1S/C25H25FN2O5S/c1-17-3-5-19(6-4-17)18(2)27-25(29)16-28(21-9-7-20(26)8-10-21)34(30,31)22-11-12-23-24(15-22)33-14-13-32-23/h3-12,15,18H,13-14,16H2,1-2H3,(H,27,29)/t18-/m0/s1. The van der Waals surface area contributed by atoms with Crippen LogP contribution in [0.4, 0.5) is 10.1 Å². The molecule has 0 radical (unpaired) electrons. The van der Waals surface area contributed by atoms with Gasteiger partial charge in [-0.15, -0.1) is 0 Å². The zero-order chi connectivity index (χ0) is 24.3. The summed E-state index contributed by atoms with van der Waals surface area (Å²) in [4.78, 5) is 12.9. The average molecular weight is 485 g/mol. The smallest absolute Gasteiger partial charge is 0.264 e. The molecule has 1 atom stereocenters. The van der Waals surface area contributed by atoms with Gasteiger partial charge in [0.1, 0.15) is 25.6 Å². The zero-order valence-corrected chi connectivity index (χ0v) is 19.6. The lowest BCUT2D eigenvalue weighted by Gasteiger charge is -2.26. The fraction of sp³-hybridized carbons (Fsp3) is 0.240. The number of amides is 1. The number of fused-ring (bicyclic) bond motifs is 1. The van der Waals surface area contributed by atoms with Gasteiger partial charge in [-0.25, -0.2) is 12.8 Å². The largest absolute Gasteiger partial charge is 0.486 e. The minimum atomic E-state index is -4.19. The Morgan fingerprint density at radius 1 is 1.00 bits per heavy atom. The number of nitrogens with zero attached hydrogens (tertiary/aromatic N) is 1. The van der Waals surface area contributed by atoms with Gasteiger partial charge in [-0.2, -0.15) is 0 Å². The van der Waals surface area contributed by atoms with Crippen molar-refractivity contribution in [1.29, 1.82) is 0 Å². The molecule has 1 amide bonds. The Labute approximate surface area is 198 Å². The summed E-state index contributed by atoms with van der Waals surface area (Å²) in [5.41, 5.74) is 2.15. The molecular formula is C25H25FN2O5S. The molecule has 7 nitrogen and oxygen atoms in total. The molecule has 0 aromatic heterocycles. The summed E-state index contributed by atoms with van der Waals surface area (Å²) in [5.74, 6) is -0.261. The van der Waals surface area contributed by atoms with E-state index >= 15 is 0 Å². The molecule has 9 heteroatoms. The van der Waals surface area contributed by atoms with Crippen molar-refractivity contribution in [2.45, 2.75) is 24.8 Å². The van der Waals surface area contributed by atoms with E-state index in [1.54, 1.807) is 0 Å². The maximum atomic E-state index is 13.6. The molecule has 3 aromatic carbocycles. The molecule has 1 N–H and O–H groups in total. The van der Waals surface area contributed by atoms with Crippen LogP contribution in [0.15, 0.2) is 71.6 Å². The van der Waals surface area contributed by atoms with E-state index in [4.69, 9.17) is 9.47 Å². The molecule has 0 fully saturated rings. The van der Waals surface area contributed by atoms with Crippen molar-refractivity contribution < 1.29 is 27.1 Å². The van der Waals surface area contributed by atoms with Gasteiger partial charge in [0, 0.05) is 6.07 Å². The number of carbonyl (C=O) groups is 1. The van der Waals surface area contributed by atoms with Gasteiger partial charge in [-0.05, 0) is 55.8 Å². The SMILES string of the molecule is Cc1ccc([C@H](C)NC(=O)CN(c2ccc(F)cc2)S(=O)(=O)c2ccc3c(c2)OCCO3)cc1. The quantitative estimate of drug-likeness (QED) is 0.549. The maximum Gasteiger partial charge on any atom is 0.264 e. The van der Waals surface area contributed by atoms with E-state index in [1.165, 1.54) is 30.3 Å². The number of hydrogen-bond acceptors (Lipinski definition) is 5. The van der Waals surface area contributed by atoms with Crippen LogP contribution in [0.25, 0.3) is 0 Å². The lowest BCUT2D eigenvalue weighted by molar-refractivity contribution is -0.120. The highest BCUT2D eigenvalue weighted by molar-refractivity contribution is 7.92. The molecule has 0 aliphatic carbocycles. The number of nitrogens with one attached hydrogen (secondary N) is 1. The van der Waals surface area contributed by atoms with Crippen LogP contribution in [0.1, 0.15) is 24.1 Å². The molecular weight excluding hydrogens is 459 g/mol. The Bertz CT molecular complexity index is 1280. The van der Waals surface area contributed by atoms with Crippen LogP contribution in [0.3, 0.4) is 0 Å². The van der Waals surface area contributed by atoms with E-state index in [0.29, 0.717) is 24.7 Å². The highest BCUT2D eigenvalue weighted by atomic mass is 32.2. The van der Waals surface area contributed by atoms with Crippen LogP contribution in [0.5, 0.6) is 11.5 Å². The van der Waals surface area contributed by atoms with E-state index in [2.05, 4.69) is 5.32 Å². The molecule has 178 valence electrons. The number of rotatable bonds is 7. The molecule has 0 unspecified atom stereocenters. The lowest BCUT2D eigenvalue weighted by atomic mass is 10.1. The molecule has 0 spiro atoms. The van der Waals surface area contributed by atoms with Crippen LogP contribution in [-0.2, 0) is 14.8 Å². The number of anilines is 1. The van der Waals surface area contributed by atoms with Crippen LogP contribution in [-0.4, -0.2) is 34.1 Å². The van der Waals surface area contributed by atoms with Gasteiger partial charge >= 0.3 is 0 Å². The van der Waals surface area contributed by atoms with Gasteiger partial charge in [0.15, 0.2) is 11.5 Å². The van der Waals surface area contributed by atoms with Crippen molar-refractivity contribution in [3.05, 3.63) is 83.7 Å². The molecule has 0 bridgehead atoms. The Morgan fingerprint density at radius 2 is 1.65 bits per heavy atom. The first-order chi connectivity index (χ1) is 16.2. The summed E-state index contributed by atoms with van der Waals surface area (Å²) in [6, 6.07) is 16.6. The first-order valence-electron chi connectivity index (χ1n) is 10.8. The average Bonchev–Trinajstić information content (AvgIpc) is 2.83. The number of halogens is 1. The predicted octanol–water partition coefficient (Wildman–Crippen LogP) is 3.98. The molecule has 1 aliphatic heterocycles. The molecule has 1 aliphatic rings. The number of ether oxygens (including phenoxy) is 2. The summed E-state index contributed by atoms with van der Waals surface area (Å²) in [6.45, 7) is 3.98. The summed E-state index contributed by atoms with van der Waals surface area (Å²) < 4.78 is 52.6. The van der Waals surface area contributed by atoms with Crippen LogP contribution in [0, 0.1) is 12.7 Å². The van der Waals surface area contributed by atoms with Crippen LogP contribution < -0.4 is 19.1 Å². The zero-order valence-electron chi connectivity index (χ0n) is 18.8. The monoisotopic (exact) mass is 484 g/mol. The Kier molecular flexibility index (Phi) is 6.74. The topological polar surface area (TPSA) is 84.9 Å². The van der Waals surface area contributed by atoms with Gasteiger partial charge in [-0.1, -0.05) is 29.8 Å². The van der Waals surface area contributed by atoms with Crippen molar-refractivity contribution >= 4 is 21.6 Å².